The first kappa shape index (κ1) is 23.9. The first-order valence-corrected chi connectivity index (χ1v) is 11.7. The van der Waals surface area contributed by atoms with Crippen molar-refractivity contribution in [2.24, 2.45) is 11.8 Å². The van der Waals surface area contributed by atoms with Crippen LogP contribution in [0.4, 0.5) is 0 Å². The van der Waals surface area contributed by atoms with Gasteiger partial charge in [-0.3, -0.25) is 9.59 Å². The summed E-state index contributed by atoms with van der Waals surface area (Å²) in [7, 11) is -2.27. The second-order valence-corrected chi connectivity index (χ2v) is 10.3. The Bertz CT molecular complexity index is 853. The molecule has 0 radical (unpaired) electrons. The first-order chi connectivity index (χ1) is 13.6. The molecule has 1 aromatic rings. The number of rotatable bonds is 7. The molecule has 0 spiro atoms. The minimum Gasteiger partial charge on any atom is -0.357 e. The molecular weight excluding hydrogens is 437 g/mol. The van der Waals surface area contributed by atoms with E-state index in [0.29, 0.717) is 19.3 Å². The summed E-state index contributed by atoms with van der Waals surface area (Å²) in [6.45, 7) is 4.34. The van der Waals surface area contributed by atoms with Gasteiger partial charge >= 0.3 is 0 Å². The number of hydrogen-bond donors (Lipinski definition) is 2. The monoisotopic (exact) mass is 463 g/mol. The molecule has 2 N–H and O–H groups in total. The van der Waals surface area contributed by atoms with Crippen molar-refractivity contribution in [3.63, 3.8) is 0 Å². The summed E-state index contributed by atoms with van der Waals surface area (Å²) in [5.74, 6) is -0.567. The van der Waals surface area contributed by atoms with Gasteiger partial charge in [-0.1, -0.05) is 37.0 Å². The summed E-state index contributed by atoms with van der Waals surface area (Å²) in [5, 5.41) is 5.77. The Kier molecular flexibility index (Phi) is 8.34. The zero-order valence-electron chi connectivity index (χ0n) is 16.7. The van der Waals surface area contributed by atoms with Crippen molar-refractivity contribution in [2.45, 2.75) is 44.0 Å². The molecule has 7 nitrogen and oxygen atoms in total. The highest BCUT2D eigenvalue weighted by molar-refractivity contribution is 7.89. The zero-order valence-corrected chi connectivity index (χ0v) is 19.1. The molecule has 1 aromatic carbocycles. The van der Waals surface area contributed by atoms with Gasteiger partial charge in [-0.25, -0.2) is 8.42 Å². The van der Waals surface area contributed by atoms with Crippen LogP contribution < -0.4 is 10.6 Å². The SMILES string of the molecule is CNC(=O)C(CC(C)C)NC(=O)C1CCN(S(=O)(=O)c2cc(Cl)ccc2Cl)CC1. The Labute approximate surface area is 182 Å². The van der Waals surface area contributed by atoms with Gasteiger partial charge in [-0.15, -0.1) is 0 Å². The normalized spacial score (nSPS) is 17.2. The second-order valence-electron chi connectivity index (χ2n) is 7.56. The van der Waals surface area contributed by atoms with E-state index in [1.54, 1.807) is 0 Å². The summed E-state index contributed by atoms with van der Waals surface area (Å²) in [4.78, 5) is 24.6. The third kappa shape index (κ3) is 6.07. The van der Waals surface area contributed by atoms with Crippen LogP contribution in [0.5, 0.6) is 0 Å². The molecule has 0 aromatic heterocycles. The quantitative estimate of drug-likeness (QED) is 0.649. The van der Waals surface area contributed by atoms with Crippen LogP contribution in [0.3, 0.4) is 0 Å². The summed E-state index contributed by atoms with van der Waals surface area (Å²) in [5.41, 5.74) is 0. The van der Waals surface area contributed by atoms with E-state index in [9.17, 15) is 18.0 Å². The summed E-state index contributed by atoms with van der Waals surface area (Å²) < 4.78 is 27.1. The average molecular weight is 464 g/mol. The van der Waals surface area contributed by atoms with E-state index in [2.05, 4.69) is 10.6 Å². The number of halogens is 2. The lowest BCUT2D eigenvalue weighted by atomic mass is 9.95. The Balaban J connectivity index is 2.03. The van der Waals surface area contributed by atoms with E-state index in [1.807, 2.05) is 13.8 Å². The number of sulfonamides is 1. The first-order valence-electron chi connectivity index (χ1n) is 9.53. The van der Waals surface area contributed by atoms with Gasteiger partial charge in [0, 0.05) is 31.1 Å². The van der Waals surface area contributed by atoms with Crippen LogP contribution in [0.1, 0.15) is 33.1 Å². The van der Waals surface area contributed by atoms with Crippen molar-refractivity contribution in [3.8, 4) is 0 Å². The van der Waals surface area contributed by atoms with E-state index >= 15 is 0 Å². The molecule has 1 unspecified atom stereocenters. The van der Waals surface area contributed by atoms with E-state index in [-0.39, 0.29) is 51.7 Å². The maximum Gasteiger partial charge on any atom is 0.244 e. The topological polar surface area (TPSA) is 95.6 Å². The number of hydrogen-bond acceptors (Lipinski definition) is 4. The van der Waals surface area contributed by atoms with Gasteiger partial charge in [0.1, 0.15) is 10.9 Å². The van der Waals surface area contributed by atoms with Crippen molar-refractivity contribution >= 4 is 45.0 Å². The summed E-state index contributed by atoms with van der Waals surface area (Å²) >= 11 is 12.0. The fourth-order valence-corrected chi connectivity index (χ4v) is 5.55. The largest absolute Gasteiger partial charge is 0.357 e. The van der Waals surface area contributed by atoms with E-state index in [1.165, 1.54) is 29.6 Å². The van der Waals surface area contributed by atoms with Gasteiger partial charge in [-0.05, 0) is 43.4 Å². The smallest absolute Gasteiger partial charge is 0.244 e. The number of carbonyl (C=O) groups is 2. The molecule has 1 fully saturated rings. The number of carbonyl (C=O) groups excluding carboxylic acids is 2. The highest BCUT2D eigenvalue weighted by Gasteiger charge is 2.34. The maximum absolute atomic E-state index is 12.9. The van der Waals surface area contributed by atoms with Crippen LogP contribution >= 0.6 is 23.2 Å². The maximum atomic E-state index is 12.9. The highest BCUT2D eigenvalue weighted by Crippen LogP contribution is 2.30. The highest BCUT2D eigenvalue weighted by atomic mass is 35.5. The van der Waals surface area contributed by atoms with Gasteiger partial charge in [-0.2, -0.15) is 4.31 Å². The zero-order chi connectivity index (χ0) is 21.8. The van der Waals surface area contributed by atoms with Crippen molar-refractivity contribution in [3.05, 3.63) is 28.2 Å². The lowest BCUT2D eigenvalue weighted by Crippen LogP contribution is -2.50. The van der Waals surface area contributed by atoms with Crippen molar-refractivity contribution in [1.29, 1.82) is 0 Å². The molecule has 2 amide bonds. The molecule has 1 saturated heterocycles. The molecule has 0 saturated carbocycles. The van der Waals surface area contributed by atoms with E-state index in [0.717, 1.165) is 0 Å². The Morgan fingerprint density at radius 3 is 2.38 bits per heavy atom. The predicted molar refractivity (Wildman–Crippen MR) is 113 cm³/mol. The van der Waals surface area contributed by atoms with Crippen LogP contribution in [-0.2, 0) is 19.6 Å². The van der Waals surface area contributed by atoms with Crippen molar-refractivity contribution < 1.29 is 18.0 Å². The van der Waals surface area contributed by atoms with Crippen LogP contribution in [0.15, 0.2) is 23.1 Å². The third-order valence-electron chi connectivity index (χ3n) is 4.92. The van der Waals surface area contributed by atoms with Gasteiger partial charge in [0.25, 0.3) is 0 Å². The van der Waals surface area contributed by atoms with E-state index < -0.39 is 16.1 Å². The minimum absolute atomic E-state index is 0.0359. The molecule has 162 valence electrons. The second kappa shape index (κ2) is 10.1. The van der Waals surface area contributed by atoms with E-state index in [4.69, 9.17) is 23.2 Å². The lowest BCUT2D eigenvalue weighted by Gasteiger charge is -2.31. The molecule has 0 bridgehead atoms. The molecule has 2 rings (SSSR count). The van der Waals surface area contributed by atoms with Crippen LogP contribution in [0, 0.1) is 11.8 Å². The Morgan fingerprint density at radius 1 is 1.21 bits per heavy atom. The fourth-order valence-electron chi connectivity index (χ4n) is 3.34. The number of nitrogens with zero attached hydrogens (tertiary/aromatic N) is 1. The van der Waals surface area contributed by atoms with Crippen LogP contribution in [0.2, 0.25) is 10.0 Å². The average Bonchev–Trinajstić information content (AvgIpc) is 2.68. The Morgan fingerprint density at radius 2 is 1.83 bits per heavy atom. The summed E-state index contributed by atoms with van der Waals surface area (Å²) in [6.07, 6.45) is 1.27. The molecule has 0 aliphatic carbocycles. The van der Waals surface area contributed by atoms with Crippen molar-refractivity contribution in [2.75, 3.05) is 20.1 Å². The van der Waals surface area contributed by atoms with Gasteiger partial charge in [0.05, 0.1) is 5.02 Å². The molecule has 1 aliphatic heterocycles. The molecule has 1 heterocycles. The number of benzene rings is 1. The van der Waals surface area contributed by atoms with Crippen LogP contribution in [0.25, 0.3) is 0 Å². The molecule has 10 heteroatoms. The standard InChI is InChI=1S/C19H27Cl2N3O4S/c1-12(2)10-16(19(26)22-3)23-18(25)13-6-8-24(9-7-13)29(27,28)17-11-14(20)4-5-15(17)21/h4-5,11-13,16H,6-10H2,1-3H3,(H,22,26)(H,23,25). The minimum atomic E-state index is -3.80. The molecule has 1 aliphatic rings. The Hall–Kier alpha value is -1.35. The molecule has 1 atom stereocenters. The lowest BCUT2D eigenvalue weighted by molar-refractivity contribution is -0.132. The van der Waals surface area contributed by atoms with Gasteiger partial charge in [0.2, 0.25) is 21.8 Å². The number of piperidine rings is 1. The molecular formula is C19H27Cl2N3O4S. The number of nitrogens with one attached hydrogen (secondary N) is 2. The third-order valence-corrected chi connectivity index (χ3v) is 7.54. The fraction of sp³-hybridized carbons (Fsp3) is 0.579. The molecule has 29 heavy (non-hydrogen) atoms. The number of amides is 2. The van der Waals surface area contributed by atoms with Crippen molar-refractivity contribution in [1.82, 2.24) is 14.9 Å². The summed E-state index contributed by atoms with van der Waals surface area (Å²) in [6, 6.07) is 3.71. The number of likely N-dealkylation sites (N-methyl/N-ethyl adjacent to an activating group) is 1. The van der Waals surface area contributed by atoms with Crippen LogP contribution in [-0.4, -0.2) is 50.7 Å². The van der Waals surface area contributed by atoms with Gasteiger partial charge in [0.15, 0.2) is 0 Å². The van der Waals surface area contributed by atoms with Gasteiger partial charge < -0.3 is 10.6 Å². The predicted octanol–water partition coefficient (Wildman–Crippen LogP) is 2.67.